The summed E-state index contributed by atoms with van der Waals surface area (Å²) >= 11 is 0. The zero-order chi connectivity index (χ0) is 18.5. The molecule has 1 aromatic rings. The summed E-state index contributed by atoms with van der Waals surface area (Å²) in [6.07, 6.45) is 7.73. The number of amides is 2. The number of rotatable bonds is 5. The van der Waals surface area contributed by atoms with E-state index >= 15 is 0 Å². The Morgan fingerprint density at radius 1 is 1.19 bits per heavy atom. The van der Waals surface area contributed by atoms with Crippen LogP contribution in [0.15, 0.2) is 18.3 Å². The summed E-state index contributed by atoms with van der Waals surface area (Å²) in [4.78, 5) is 34.8. The van der Waals surface area contributed by atoms with Crippen molar-refractivity contribution < 1.29 is 9.59 Å². The number of piperidine rings is 1. The maximum atomic E-state index is 12.6. The van der Waals surface area contributed by atoms with Gasteiger partial charge in [-0.1, -0.05) is 0 Å². The first kappa shape index (κ1) is 18.7. The summed E-state index contributed by atoms with van der Waals surface area (Å²) in [6, 6.07) is 3.76. The van der Waals surface area contributed by atoms with E-state index in [1.807, 2.05) is 31.1 Å². The van der Waals surface area contributed by atoms with Gasteiger partial charge in [0.05, 0.1) is 0 Å². The lowest BCUT2D eigenvalue weighted by molar-refractivity contribution is -0.129. The number of nitrogens with zero attached hydrogens (tertiary/aromatic N) is 4. The molecule has 0 aromatic carbocycles. The average Bonchev–Trinajstić information content (AvgIpc) is 3.20. The molecule has 3 rings (SSSR count). The van der Waals surface area contributed by atoms with Gasteiger partial charge < -0.3 is 14.7 Å². The lowest BCUT2D eigenvalue weighted by Gasteiger charge is -2.34. The van der Waals surface area contributed by atoms with Crippen LogP contribution in [0.5, 0.6) is 0 Å². The van der Waals surface area contributed by atoms with Gasteiger partial charge in [0.15, 0.2) is 0 Å². The second-order valence-corrected chi connectivity index (χ2v) is 7.68. The van der Waals surface area contributed by atoms with E-state index in [1.54, 1.807) is 11.1 Å². The van der Waals surface area contributed by atoms with Crippen LogP contribution in [0.2, 0.25) is 0 Å². The minimum atomic E-state index is 0.122. The van der Waals surface area contributed by atoms with E-state index in [2.05, 4.69) is 9.88 Å². The van der Waals surface area contributed by atoms with Gasteiger partial charge >= 0.3 is 0 Å². The number of aromatic nitrogens is 1. The molecule has 2 aliphatic heterocycles. The molecule has 2 aliphatic rings. The number of anilines is 1. The molecule has 6 heteroatoms. The quantitative estimate of drug-likeness (QED) is 0.811. The van der Waals surface area contributed by atoms with Crippen LogP contribution in [0.3, 0.4) is 0 Å². The molecule has 0 bridgehead atoms. The Morgan fingerprint density at radius 2 is 1.96 bits per heavy atom. The minimum absolute atomic E-state index is 0.122. The zero-order valence-corrected chi connectivity index (χ0v) is 16.0. The Balaban J connectivity index is 1.62. The van der Waals surface area contributed by atoms with Gasteiger partial charge in [0, 0.05) is 58.5 Å². The van der Waals surface area contributed by atoms with Gasteiger partial charge in [0.1, 0.15) is 5.82 Å². The fourth-order valence-corrected chi connectivity index (χ4v) is 3.89. The van der Waals surface area contributed by atoms with Gasteiger partial charge in [0.25, 0.3) is 5.91 Å². The summed E-state index contributed by atoms with van der Waals surface area (Å²) < 4.78 is 0. The summed E-state index contributed by atoms with van der Waals surface area (Å²) in [5.74, 6) is 1.71. The highest BCUT2D eigenvalue weighted by atomic mass is 16.2. The van der Waals surface area contributed by atoms with Gasteiger partial charge in [-0.2, -0.15) is 0 Å². The molecular formula is C20H30N4O2. The molecule has 2 amide bonds. The van der Waals surface area contributed by atoms with Crippen molar-refractivity contribution in [1.82, 2.24) is 14.8 Å². The van der Waals surface area contributed by atoms with Crippen molar-refractivity contribution in [2.45, 2.75) is 38.5 Å². The first-order valence-electron chi connectivity index (χ1n) is 9.75. The van der Waals surface area contributed by atoms with Crippen LogP contribution in [0.4, 0.5) is 5.82 Å². The Morgan fingerprint density at radius 3 is 2.69 bits per heavy atom. The Bertz CT molecular complexity index is 640. The van der Waals surface area contributed by atoms with E-state index < -0.39 is 0 Å². The predicted molar refractivity (Wildman–Crippen MR) is 102 cm³/mol. The first-order valence-corrected chi connectivity index (χ1v) is 9.75. The molecule has 0 spiro atoms. The number of pyridine rings is 1. The molecule has 1 atom stereocenters. The fraction of sp³-hybridized carbons (Fsp3) is 0.650. The van der Waals surface area contributed by atoms with Crippen LogP contribution in [-0.2, 0) is 4.79 Å². The first-order chi connectivity index (χ1) is 12.5. The fourth-order valence-electron chi connectivity index (χ4n) is 3.89. The number of carbonyl (C=O) groups is 2. The van der Waals surface area contributed by atoms with Crippen molar-refractivity contribution >= 4 is 17.6 Å². The minimum Gasteiger partial charge on any atom is -0.356 e. The molecule has 0 aliphatic carbocycles. The van der Waals surface area contributed by atoms with Crippen molar-refractivity contribution in [3.63, 3.8) is 0 Å². The molecule has 2 fully saturated rings. The van der Waals surface area contributed by atoms with E-state index in [4.69, 9.17) is 0 Å². The van der Waals surface area contributed by atoms with Crippen molar-refractivity contribution in [2.24, 2.45) is 5.92 Å². The topological polar surface area (TPSA) is 56.8 Å². The van der Waals surface area contributed by atoms with Gasteiger partial charge in [0.2, 0.25) is 5.91 Å². The number of hydrogen-bond acceptors (Lipinski definition) is 4. The SMILES string of the molecule is CN(C)C(=O)CCC1CCCN(c2cc(C(=O)N3CCCC3)ccn2)C1. The summed E-state index contributed by atoms with van der Waals surface area (Å²) in [5.41, 5.74) is 0.738. The van der Waals surface area contributed by atoms with Crippen molar-refractivity contribution in [3.8, 4) is 0 Å². The number of carbonyl (C=O) groups excluding carboxylic acids is 2. The lowest BCUT2D eigenvalue weighted by Crippen LogP contribution is -2.37. The third-order valence-electron chi connectivity index (χ3n) is 5.49. The highest BCUT2D eigenvalue weighted by Crippen LogP contribution is 2.26. The van der Waals surface area contributed by atoms with Gasteiger partial charge in [-0.25, -0.2) is 4.98 Å². The lowest BCUT2D eigenvalue weighted by atomic mass is 9.93. The Kier molecular flexibility index (Phi) is 6.12. The van der Waals surface area contributed by atoms with Crippen molar-refractivity contribution in [1.29, 1.82) is 0 Å². The predicted octanol–water partition coefficient (Wildman–Crippen LogP) is 2.40. The zero-order valence-electron chi connectivity index (χ0n) is 16.0. The molecule has 0 radical (unpaired) electrons. The van der Waals surface area contributed by atoms with E-state index in [1.165, 1.54) is 0 Å². The van der Waals surface area contributed by atoms with Crippen LogP contribution >= 0.6 is 0 Å². The average molecular weight is 358 g/mol. The third-order valence-corrected chi connectivity index (χ3v) is 5.49. The molecule has 2 saturated heterocycles. The number of likely N-dealkylation sites (tertiary alicyclic amines) is 1. The van der Waals surface area contributed by atoms with Crippen LogP contribution in [0.1, 0.15) is 48.9 Å². The van der Waals surface area contributed by atoms with Gasteiger partial charge in [-0.15, -0.1) is 0 Å². The Labute approximate surface area is 156 Å². The monoisotopic (exact) mass is 358 g/mol. The second-order valence-electron chi connectivity index (χ2n) is 7.68. The highest BCUT2D eigenvalue weighted by Gasteiger charge is 2.24. The van der Waals surface area contributed by atoms with Crippen LogP contribution < -0.4 is 4.90 Å². The van der Waals surface area contributed by atoms with E-state index in [9.17, 15) is 9.59 Å². The van der Waals surface area contributed by atoms with Crippen LogP contribution in [0.25, 0.3) is 0 Å². The van der Waals surface area contributed by atoms with E-state index in [-0.39, 0.29) is 11.8 Å². The van der Waals surface area contributed by atoms with Crippen LogP contribution in [0, 0.1) is 5.92 Å². The molecule has 0 N–H and O–H groups in total. The van der Waals surface area contributed by atoms with Crippen LogP contribution in [-0.4, -0.2) is 66.9 Å². The maximum Gasteiger partial charge on any atom is 0.254 e. The molecule has 1 aromatic heterocycles. The Hall–Kier alpha value is -2.11. The number of hydrogen-bond donors (Lipinski definition) is 0. The smallest absolute Gasteiger partial charge is 0.254 e. The highest BCUT2D eigenvalue weighted by molar-refractivity contribution is 5.95. The molecule has 26 heavy (non-hydrogen) atoms. The normalized spacial score (nSPS) is 20.3. The molecule has 0 saturated carbocycles. The molecule has 3 heterocycles. The van der Waals surface area contributed by atoms with Crippen molar-refractivity contribution in [2.75, 3.05) is 45.2 Å². The molecule has 142 valence electrons. The van der Waals surface area contributed by atoms with E-state index in [0.717, 1.165) is 69.7 Å². The summed E-state index contributed by atoms with van der Waals surface area (Å²) in [7, 11) is 3.62. The van der Waals surface area contributed by atoms with Gasteiger partial charge in [-0.3, -0.25) is 9.59 Å². The third kappa shape index (κ3) is 4.54. The molecular weight excluding hydrogens is 328 g/mol. The van der Waals surface area contributed by atoms with Crippen molar-refractivity contribution in [3.05, 3.63) is 23.9 Å². The summed E-state index contributed by atoms with van der Waals surface area (Å²) in [5, 5.41) is 0. The largest absolute Gasteiger partial charge is 0.356 e. The standard InChI is InChI=1S/C20H30N4O2/c1-22(2)19(25)8-7-16-6-5-13-24(15-16)18-14-17(9-10-21-18)20(26)23-11-3-4-12-23/h9-10,14,16H,3-8,11-13,15H2,1-2H3. The molecule has 1 unspecified atom stereocenters. The van der Waals surface area contributed by atoms with Gasteiger partial charge in [-0.05, 0) is 50.2 Å². The second kappa shape index (κ2) is 8.52. The maximum absolute atomic E-state index is 12.6. The summed E-state index contributed by atoms with van der Waals surface area (Å²) in [6.45, 7) is 3.60. The van der Waals surface area contributed by atoms with E-state index in [0.29, 0.717) is 12.3 Å². The molecule has 6 nitrogen and oxygen atoms in total.